The average molecular weight is 226 g/mol. The van der Waals surface area contributed by atoms with Crippen LogP contribution in [0.3, 0.4) is 0 Å². The minimum Gasteiger partial charge on any atom is -0.353 e. The molecule has 3 heteroatoms. The molecule has 0 spiro atoms. The van der Waals surface area contributed by atoms with Crippen LogP contribution in [-0.4, -0.2) is 18.0 Å². The van der Waals surface area contributed by atoms with Crippen LogP contribution >= 0.6 is 0 Å². The summed E-state index contributed by atoms with van der Waals surface area (Å²) in [5, 5.41) is 3.07. The Hall–Kier alpha value is -0.570. The Bertz CT molecular complexity index is 242. The number of amides is 1. The van der Waals surface area contributed by atoms with Crippen LogP contribution in [-0.2, 0) is 4.79 Å². The Morgan fingerprint density at radius 1 is 1.38 bits per heavy atom. The smallest absolute Gasteiger partial charge is 0.223 e. The van der Waals surface area contributed by atoms with E-state index in [2.05, 4.69) is 26.1 Å². The lowest BCUT2D eigenvalue weighted by molar-refractivity contribution is -0.128. The van der Waals surface area contributed by atoms with Gasteiger partial charge in [0.05, 0.1) is 0 Å². The standard InChI is InChI=1S/C13H26N2O/c1-5-10(4)15-13(16)11-7-12(14)9(3)6-8(11)2/h8-12H,5-7,14H2,1-4H3,(H,15,16). The maximum atomic E-state index is 12.1. The topological polar surface area (TPSA) is 55.1 Å². The molecule has 1 aliphatic carbocycles. The zero-order chi connectivity index (χ0) is 12.3. The largest absolute Gasteiger partial charge is 0.353 e. The van der Waals surface area contributed by atoms with Crippen molar-refractivity contribution in [2.75, 3.05) is 0 Å². The Labute approximate surface area is 99.2 Å². The summed E-state index contributed by atoms with van der Waals surface area (Å²) in [7, 11) is 0. The van der Waals surface area contributed by atoms with Gasteiger partial charge < -0.3 is 11.1 Å². The SMILES string of the molecule is CCC(C)NC(=O)C1CC(N)C(C)CC1C. The summed E-state index contributed by atoms with van der Waals surface area (Å²) in [5.74, 6) is 1.31. The van der Waals surface area contributed by atoms with Gasteiger partial charge in [0.1, 0.15) is 0 Å². The number of nitrogens with two attached hydrogens (primary N) is 1. The fourth-order valence-electron chi connectivity index (χ4n) is 2.50. The highest BCUT2D eigenvalue weighted by Crippen LogP contribution is 2.32. The molecule has 0 aromatic carbocycles. The highest BCUT2D eigenvalue weighted by Gasteiger charge is 2.35. The van der Waals surface area contributed by atoms with E-state index in [-0.39, 0.29) is 23.9 Å². The third-order valence-electron chi connectivity index (χ3n) is 4.03. The molecule has 16 heavy (non-hydrogen) atoms. The Morgan fingerprint density at radius 3 is 2.56 bits per heavy atom. The van der Waals surface area contributed by atoms with Crippen molar-refractivity contribution in [3.05, 3.63) is 0 Å². The summed E-state index contributed by atoms with van der Waals surface area (Å²) in [6.45, 7) is 8.49. The fourth-order valence-corrected chi connectivity index (χ4v) is 2.50. The van der Waals surface area contributed by atoms with Crippen LogP contribution in [0.5, 0.6) is 0 Å². The Balaban J connectivity index is 2.55. The lowest BCUT2D eigenvalue weighted by Gasteiger charge is -2.36. The van der Waals surface area contributed by atoms with Crippen LogP contribution in [0.25, 0.3) is 0 Å². The molecule has 1 saturated carbocycles. The van der Waals surface area contributed by atoms with Crippen LogP contribution in [0.1, 0.15) is 47.0 Å². The highest BCUT2D eigenvalue weighted by molar-refractivity contribution is 5.79. The van der Waals surface area contributed by atoms with Crippen LogP contribution in [0.15, 0.2) is 0 Å². The second-order valence-corrected chi connectivity index (χ2v) is 5.51. The number of carbonyl (C=O) groups is 1. The molecule has 1 aliphatic rings. The summed E-state index contributed by atoms with van der Waals surface area (Å²) >= 11 is 0. The zero-order valence-corrected chi connectivity index (χ0v) is 11.0. The van der Waals surface area contributed by atoms with Crippen molar-refractivity contribution in [1.82, 2.24) is 5.32 Å². The van der Waals surface area contributed by atoms with Crippen molar-refractivity contribution in [3.8, 4) is 0 Å². The van der Waals surface area contributed by atoms with E-state index in [0.717, 1.165) is 19.3 Å². The van der Waals surface area contributed by atoms with Crippen molar-refractivity contribution in [2.45, 2.75) is 59.0 Å². The molecule has 0 radical (unpaired) electrons. The average Bonchev–Trinajstić information content (AvgIpc) is 2.23. The lowest BCUT2D eigenvalue weighted by Crippen LogP contribution is -2.46. The Kier molecular flexibility index (Phi) is 4.78. The molecule has 0 aromatic rings. The van der Waals surface area contributed by atoms with Crippen molar-refractivity contribution in [2.24, 2.45) is 23.5 Å². The molecule has 1 fully saturated rings. The van der Waals surface area contributed by atoms with Gasteiger partial charge in [0.2, 0.25) is 5.91 Å². The maximum Gasteiger partial charge on any atom is 0.223 e. The molecule has 3 nitrogen and oxygen atoms in total. The molecule has 94 valence electrons. The van der Waals surface area contributed by atoms with E-state index >= 15 is 0 Å². The third kappa shape index (κ3) is 3.21. The third-order valence-corrected chi connectivity index (χ3v) is 4.03. The summed E-state index contributed by atoms with van der Waals surface area (Å²) < 4.78 is 0. The number of hydrogen-bond donors (Lipinski definition) is 2. The molecule has 0 saturated heterocycles. The van der Waals surface area contributed by atoms with Crippen molar-refractivity contribution in [1.29, 1.82) is 0 Å². The molecule has 3 N–H and O–H groups in total. The van der Waals surface area contributed by atoms with E-state index in [0.29, 0.717) is 11.8 Å². The first-order valence-corrected chi connectivity index (χ1v) is 6.51. The van der Waals surface area contributed by atoms with Gasteiger partial charge in [-0.25, -0.2) is 0 Å². The molecule has 0 bridgehead atoms. The second kappa shape index (κ2) is 5.67. The van der Waals surface area contributed by atoms with Gasteiger partial charge in [-0.2, -0.15) is 0 Å². The first-order chi connectivity index (χ1) is 7.45. The van der Waals surface area contributed by atoms with E-state index < -0.39 is 0 Å². The molecule has 5 atom stereocenters. The monoisotopic (exact) mass is 226 g/mol. The molecule has 0 aromatic heterocycles. The zero-order valence-electron chi connectivity index (χ0n) is 11.0. The van der Waals surface area contributed by atoms with Gasteiger partial charge in [-0.05, 0) is 38.0 Å². The van der Waals surface area contributed by atoms with Crippen LogP contribution in [0.2, 0.25) is 0 Å². The molecule has 1 rings (SSSR count). The van der Waals surface area contributed by atoms with Gasteiger partial charge in [0.15, 0.2) is 0 Å². The van der Waals surface area contributed by atoms with E-state index in [9.17, 15) is 4.79 Å². The fraction of sp³-hybridized carbons (Fsp3) is 0.923. The van der Waals surface area contributed by atoms with Crippen LogP contribution in [0.4, 0.5) is 0 Å². The number of rotatable bonds is 3. The summed E-state index contributed by atoms with van der Waals surface area (Å²) in [6.07, 6.45) is 2.89. The first kappa shape index (κ1) is 13.5. The van der Waals surface area contributed by atoms with E-state index in [4.69, 9.17) is 5.73 Å². The predicted octanol–water partition coefficient (Wildman–Crippen LogP) is 1.91. The number of nitrogens with one attached hydrogen (secondary N) is 1. The molecule has 0 aliphatic heterocycles. The minimum absolute atomic E-state index is 0.111. The second-order valence-electron chi connectivity index (χ2n) is 5.51. The first-order valence-electron chi connectivity index (χ1n) is 6.51. The van der Waals surface area contributed by atoms with Gasteiger partial charge in [-0.1, -0.05) is 20.8 Å². The van der Waals surface area contributed by atoms with Gasteiger partial charge >= 0.3 is 0 Å². The highest BCUT2D eigenvalue weighted by atomic mass is 16.1. The van der Waals surface area contributed by atoms with Gasteiger partial charge in [-0.15, -0.1) is 0 Å². The van der Waals surface area contributed by atoms with Crippen LogP contribution < -0.4 is 11.1 Å². The normalized spacial score (nSPS) is 36.8. The summed E-state index contributed by atoms with van der Waals surface area (Å²) in [5.41, 5.74) is 6.05. The lowest BCUT2D eigenvalue weighted by atomic mass is 9.72. The Morgan fingerprint density at radius 2 is 2.00 bits per heavy atom. The van der Waals surface area contributed by atoms with Gasteiger partial charge in [0.25, 0.3) is 0 Å². The van der Waals surface area contributed by atoms with E-state index in [1.165, 1.54) is 0 Å². The summed E-state index contributed by atoms with van der Waals surface area (Å²) in [6, 6.07) is 0.458. The maximum absolute atomic E-state index is 12.1. The van der Waals surface area contributed by atoms with Gasteiger partial charge in [0, 0.05) is 18.0 Å². The van der Waals surface area contributed by atoms with Crippen LogP contribution in [0, 0.1) is 17.8 Å². The van der Waals surface area contributed by atoms with Gasteiger partial charge in [-0.3, -0.25) is 4.79 Å². The summed E-state index contributed by atoms with van der Waals surface area (Å²) in [4.78, 5) is 12.1. The number of hydrogen-bond acceptors (Lipinski definition) is 2. The molecular weight excluding hydrogens is 200 g/mol. The van der Waals surface area contributed by atoms with Crippen molar-refractivity contribution >= 4 is 5.91 Å². The van der Waals surface area contributed by atoms with Crippen molar-refractivity contribution in [3.63, 3.8) is 0 Å². The molecular formula is C13H26N2O. The number of carbonyl (C=O) groups excluding carboxylic acids is 1. The minimum atomic E-state index is 0.111. The molecule has 5 unspecified atom stereocenters. The van der Waals surface area contributed by atoms with E-state index in [1.54, 1.807) is 0 Å². The quantitative estimate of drug-likeness (QED) is 0.772. The van der Waals surface area contributed by atoms with Crippen molar-refractivity contribution < 1.29 is 4.79 Å². The van der Waals surface area contributed by atoms with E-state index in [1.807, 2.05) is 6.92 Å². The molecule has 0 heterocycles. The molecule has 1 amide bonds. The predicted molar refractivity (Wildman–Crippen MR) is 66.9 cm³/mol.